The minimum absolute atomic E-state index is 0.0109. The number of amides is 2. The third-order valence-electron chi connectivity index (χ3n) is 7.98. The Morgan fingerprint density at radius 1 is 1.15 bits per heavy atom. The number of fused-ring (bicyclic) bond motifs is 2. The van der Waals surface area contributed by atoms with Gasteiger partial charge in [-0.25, -0.2) is 0 Å². The molecule has 2 aromatic rings. The van der Waals surface area contributed by atoms with Gasteiger partial charge >= 0.3 is 0 Å². The van der Waals surface area contributed by atoms with Crippen LogP contribution in [-0.4, -0.2) is 57.6 Å². The van der Waals surface area contributed by atoms with Gasteiger partial charge in [-0.05, 0) is 55.4 Å². The highest BCUT2D eigenvalue weighted by Crippen LogP contribution is 2.49. The van der Waals surface area contributed by atoms with Crippen LogP contribution in [0.3, 0.4) is 0 Å². The normalized spacial score (nSPS) is 29.7. The molecule has 8 nitrogen and oxygen atoms in total. The molecule has 3 aliphatic rings. The molecule has 8 heteroatoms. The molecule has 182 valence electrons. The lowest BCUT2D eigenvalue weighted by Gasteiger charge is -2.40. The van der Waals surface area contributed by atoms with Crippen molar-refractivity contribution in [2.24, 2.45) is 23.0 Å². The second kappa shape index (κ2) is 8.48. The molecule has 2 aliphatic carbocycles. The van der Waals surface area contributed by atoms with E-state index in [0.717, 1.165) is 32.1 Å². The van der Waals surface area contributed by atoms with Crippen molar-refractivity contribution in [3.8, 4) is 0 Å². The van der Waals surface area contributed by atoms with Crippen molar-refractivity contribution in [2.75, 3.05) is 7.11 Å². The van der Waals surface area contributed by atoms with Crippen LogP contribution < -0.4 is 5.73 Å². The van der Waals surface area contributed by atoms with Gasteiger partial charge in [0.1, 0.15) is 6.54 Å². The van der Waals surface area contributed by atoms with Gasteiger partial charge in [0, 0.05) is 25.0 Å². The fourth-order valence-electron chi connectivity index (χ4n) is 6.52. The predicted molar refractivity (Wildman–Crippen MR) is 127 cm³/mol. The maximum absolute atomic E-state index is 13.5. The van der Waals surface area contributed by atoms with Crippen LogP contribution in [0.15, 0.2) is 24.3 Å². The number of primary amides is 1. The SMILES string of the molecule is CO[C@@H]1C[C@@H](CC(=O)[C@@H]2C[C@H]3C[C@H]3N2C(=O)Cn2nc(C(N)=O)c3ccccc32)CC(C)(C)C1. The molecule has 2 heterocycles. The number of benzene rings is 1. The van der Waals surface area contributed by atoms with Crippen molar-refractivity contribution >= 4 is 28.5 Å². The Morgan fingerprint density at radius 3 is 2.65 bits per heavy atom. The predicted octanol–water partition coefficient (Wildman–Crippen LogP) is 2.93. The van der Waals surface area contributed by atoms with Gasteiger partial charge in [-0.1, -0.05) is 32.0 Å². The summed E-state index contributed by atoms with van der Waals surface area (Å²) in [5.74, 6) is 0.127. The largest absolute Gasteiger partial charge is 0.381 e. The van der Waals surface area contributed by atoms with Crippen LogP contribution in [0.5, 0.6) is 0 Å². The van der Waals surface area contributed by atoms with E-state index in [1.54, 1.807) is 17.9 Å². The standard InChI is InChI=1S/C26H34N4O4/c1-26(2)12-15(8-17(13-26)34-3)9-22(31)21-11-16-10-20(16)30(21)23(32)14-29-19-7-5-4-6-18(19)24(28-29)25(27)33/h4-7,15-17,20-21H,8-14H2,1-3H3,(H2,27,33)/t15-,16+,17+,20+,21-/m0/s1. The lowest BCUT2D eigenvalue weighted by molar-refractivity contribution is -0.140. The number of ketones is 1. The van der Waals surface area contributed by atoms with Gasteiger partial charge in [0.2, 0.25) is 5.91 Å². The fourth-order valence-corrected chi connectivity index (χ4v) is 6.52. The zero-order chi connectivity index (χ0) is 24.2. The molecular weight excluding hydrogens is 432 g/mol. The summed E-state index contributed by atoms with van der Waals surface area (Å²) < 4.78 is 7.19. The van der Waals surface area contributed by atoms with Crippen molar-refractivity contribution in [1.82, 2.24) is 14.7 Å². The van der Waals surface area contributed by atoms with E-state index in [0.29, 0.717) is 23.2 Å². The van der Waals surface area contributed by atoms with Crippen molar-refractivity contribution in [2.45, 2.75) is 77.1 Å². The Bertz CT molecular complexity index is 1140. The third-order valence-corrected chi connectivity index (χ3v) is 7.98. The maximum atomic E-state index is 13.5. The summed E-state index contributed by atoms with van der Waals surface area (Å²) in [6.07, 6.45) is 5.31. The number of piperidine rings is 1. The van der Waals surface area contributed by atoms with E-state index < -0.39 is 5.91 Å². The number of hydrogen-bond acceptors (Lipinski definition) is 5. The van der Waals surface area contributed by atoms with E-state index in [1.807, 2.05) is 23.1 Å². The molecule has 2 N–H and O–H groups in total. The molecule has 1 aromatic heterocycles. The van der Waals surface area contributed by atoms with Gasteiger partial charge in [0.05, 0.1) is 17.7 Å². The fraction of sp³-hybridized carbons (Fsp3) is 0.615. The van der Waals surface area contributed by atoms with Crippen LogP contribution in [0.4, 0.5) is 0 Å². The second-order valence-electron chi connectivity index (χ2n) is 11.2. The highest BCUT2D eigenvalue weighted by atomic mass is 16.5. The van der Waals surface area contributed by atoms with E-state index in [9.17, 15) is 14.4 Å². The highest BCUT2D eigenvalue weighted by Gasteiger charge is 2.56. The molecule has 1 aliphatic heterocycles. The van der Waals surface area contributed by atoms with E-state index in [-0.39, 0.29) is 53.4 Å². The number of nitrogens with two attached hydrogens (primary N) is 1. The molecular formula is C26H34N4O4. The zero-order valence-corrected chi connectivity index (χ0v) is 20.2. The Labute approximate surface area is 199 Å². The first-order valence-corrected chi connectivity index (χ1v) is 12.3. The Kier molecular flexibility index (Phi) is 5.74. The zero-order valence-electron chi connectivity index (χ0n) is 20.2. The number of nitrogens with zero attached hydrogens (tertiary/aromatic N) is 3. The summed E-state index contributed by atoms with van der Waals surface area (Å²) in [7, 11) is 1.75. The molecule has 0 spiro atoms. The van der Waals surface area contributed by atoms with E-state index in [4.69, 9.17) is 10.5 Å². The van der Waals surface area contributed by atoms with Crippen LogP contribution in [0.25, 0.3) is 10.9 Å². The second-order valence-corrected chi connectivity index (χ2v) is 11.2. The Hall–Kier alpha value is -2.74. The molecule has 1 aromatic carbocycles. The first-order chi connectivity index (χ1) is 16.2. The van der Waals surface area contributed by atoms with Gasteiger partial charge in [-0.2, -0.15) is 5.10 Å². The molecule has 3 fully saturated rings. The van der Waals surface area contributed by atoms with Crippen molar-refractivity contribution < 1.29 is 19.1 Å². The minimum Gasteiger partial charge on any atom is -0.381 e. The molecule has 1 saturated heterocycles. The number of hydrogen-bond donors (Lipinski definition) is 1. The lowest BCUT2D eigenvalue weighted by Crippen LogP contribution is -2.45. The summed E-state index contributed by atoms with van der Waals surface area (Å²) in [6.45, 7) is 4.47. The quantitative estimate of drug-likeness (QED) is 0.675. The van der Waals surface area contributed by atoms with Gasteiger partial charge in [0.25, 0.3) is 5.91 Å². The number of ether oxygens (including phenoxy) is 1. The summed E-state index contributed by atoms with van der Waals surface area (Å²) in [5, 5.41) is 4.96. The van der Waals surface area contributed by atoms with E-state index in [2.05, 4.69) is 18.9 Å². The van der Waals surface area contributed by atoms with E-state index in [1.165, 1.54) is 0 Å². The number of carbonyl (C=O) groups excluding carboxylic acids is 3. The van der Waals surface area contributed by atoms with Crippen molar-refractivity contribution in [3.05, 3.63) is 30.0 Å². The molecule has 2 amide bonds. The number of carbonyl (C=O) groups is 3. The minimum atomic E-state index is -0.622. The smallest absolute Gasteiger partial charge is 0.269 e. The molecule has 0 unspecified atom stereocenters. The number of rotatable bonds is 7. The van der Waals surface area contributed by atoms with Gasteiger partial charge in [-0.15, -0.1) is 0 Å². The van der Waals surface area contributed by atoms with E-state index >= 15 is 0 Å². The first kappa shape index (κ1) is 23.0. The van der Waals surface area contributed by atoms with Crippen LogP contribution in [0.1, 0.15) is 62.9 Å². The van der Waals surface area contributed by atoms with Crippen LogP contribution >= 0.6 is 0 Å². The number of aromatic nitrogens is 2. The van der Waals surface area contributed by atoms with Crippen LogP contribution in [0.2, 0.25) is 0 Å². The summed E-state index contributed by atoms with van der Waals surface area (Å²) in [6, 6.07) is 7.04. The summed E-state index contributed by atoms with van der Waals surface area (Å²) in [5.41, 5.74) is 6.50. The number of para-hydroxylation sites is 1. The van der Waals surface area contributed by atoms with Crippen LogP contribution in [0, 0.1) is 17.3 Å². The van der Waals surface area contributed by atoms with Crippen molar-refractivity contribution in [1.29, 1.82) is 0 Å². The van der Waals surface area contributed by atoms with Gasteiger partial charge in [0.15, 0.2) is 11.5 Å². The first-order valence-electron chi connectivity index (χ1n) is 12.3. The third kappa shape index (κ3) is 4.24. The Balaban J connectivity index is 1.32. The maximum Gasteiger partial charge on any atom is 0.269 e. The molecule has 5 atom stereocenters. The number of Topliss-reactive ketones (excluding diaryl/α,β-unsaturated/α-hetero) is 1. The Morgan fingerprint density at radius 2 is 1.91 bits per heavy atom. The molecule has 0 radical (unpaired) electrons. The number of methoxy groups -OCH3 is 1. The monoisotopic (exact) mass is 466 g/mol. The van der Waals surface area contributed by atoms with Gasteiger partial charge in [-0.3, -0.25) is 19.1 Å². The molecule has 2 saturated carbocycles. The molecule has 5 rings (SSSR count). The average Bonchev–Trinajstić information content (AvgIpc) is 3.28. The van der Waals surface area contributed by atoms with Crippen LogP contribution in [-0.2, 0) is 20.9 Å². The van der Waals surface area contributed by atoms with Crippen molar-refractivity contribution in [3.63, 3.8) is 0 Å². The summed E-state index contributed by atoms with van der Waals surface area (Å²) >= 11 is 0. The average molecular weight is 467 g/mol. The topological polar surface area (TPSA) is 108 Å². The van der Waals surface area contributed by atoms with Gasteiger partial charge < -0.3 is 15.4 Å². The lowest BCUT2D eigenvalue weighted by atomic mass is 9.69. The molecule has 34 heavy (non-hydrogen) atoms. The summed E-state index contributed by atoms with van der Waals surface area (Å²) in [4.78, 5) is 40.6. The highest BCUT2D eigenvalue weighted by molar-refractivity contribution is 6.04. The molecule has 0 bridgehead atoms. The number of likely N-dealkylation sites (tertiary alicyclic amines) is 1.